The van der Waals surface area contributed by atoms with E-state index in [1.807, 2.05) is 25.2 Å². The number of aromatic nitrogens is 2. The maximum atomic E-state index is 12.1. The molecule has 0 saturated heterocycles. The Balaban J connectivity index is 2.41. The van der Waals surface area contributed by atoms with Gasteiger partial charge in [-0.25, -0.2) is 4.79 Å². The topological polar surface area (TPSA) is 87.0 Å². The number of ether oxygens (including phenoxy) is 1. The maximum absolute atomic E-state index is 12.1. The van der Waals surface area contributed by atoms with Gasteiger partial charge in [0.1, 0.15) is 5.52 Å². The van der Waals surface area contributed by atoms with E-state index in [1.54, 1.807) is 6.92 Å². The van der Waals surface area contributed by atoms with Gasteiger partial charge in [-0.2, -0.15) is 0 Å². The Morgan fingerprint density at radius 3 is 2.90 bits per heavy atom. The number of aromatic amines is 2. The van der Waals surface area contributed by atoms with Crippen LogP contribution < -0.4 is 10.9 Å². The van der Waals surface area contributed by atoms with Gasteiger partial charge >= 0.3 is 5.97 Å². The summed E-state index contributed by atoms with van der Waals surface area (Å²) >= 11 is 0. The van der Waals surface area contributed by atoms with E-state index in [0.29, 0.717) is 22.0 Å². The average Bonchev–Trinajstić information content (AvgIpc) is 2.93. The molecule has 21 heavy (non-hydrogen) atoms. The number of rotatable bonds is 3. The monoisotopic (exact) mass is 285 g/mol. The van der Waals surface area contributed by atoms with Crippen LogP contribution in [0.15, 0.2) is 29.2 Å². The van der Waals surface area contributed by atoms with Gasteiger partial charge in [-0.3, -0.25) is 4.79 Å². The summed E-state index contributed by atoms with van der Waals surface area (Å²) in [6.07, 6.45) is 1.52. The lowest BCUT2D eigenvalue weighted by atomic mass is 10.1. The highest BCUT2D eigenvalue weighted by Gasteiger charge is 2.17. The lowest BCUT2D eigenvalue weighted by Gasteiger charge is -2.06. The molecule has 0 aliphatic rings. The van der Waals surface area contributed by atoms with Crippen LogP contribution in [-0.4, -0.2) is 29.6 Å². The molecule has 2 aromatic heterocycles. The van der Waals surface area contributed by atoms with Gasteiger partial charge in [-0.1, -0.05) is 0 Å². The molecule has 6 heteroatoms. The first kappa shape index (κ1) is 13.2. The van der Waals surface area contributed by atoms with Crippen LogP contribution in [-0.2, 0) is 4.74 Å². The van der Waals surface area contributed by atoms with Gasteiger partial charge in [0.05, 0.1) is 12.2 Å². The van der Waals surface area contributed by atoms with E-state index in [9.17, 15) is 9.59 Å². The molecule has 0 atom stereocenters. The third kappa shape index (κ3) is 2.05. The molecule has 108 valence electrons. The molecule has 1 aromatic carbocycles. The molecule has 0 unspecified atom stereocenters. The van der Waals surface area contributed by atoms with Crippen LogP contribution in [0.1, 0.15) is 17.3 Å². The van der Waals surface area contributed by atoms with Crippen LogP contribution in [0, 0.1) is 0 Å². The number of esters is 1. The predicted molar refractivity (Wildman–Crippen MR) is 81.9 cm³/mol. The molecule has 0 saturated carbocycles. The lowest BCUT2D eigenvalue weighted by Crippen LogP contribution is -2.08. The first-order valence-corrected chi connectivity index (χ1v) is 6.67. The fourth-order valence-electron chi connectivity index (χ4n) is 2.45. The Morgan fingerprint density at radius 2 is 2.19 bits per heavy atom. The van der Waals surface area contributed by atoms with Gasteiger partial charge in [0, 0.05) is 35.2 Å². The largest absolute Gasteiger partial charge is 0.462 e. The third-order valence-corrected chi connectivity index (χ3v) is 3.43. The Bertz CT molecular complexity index is 892. The molecule has 0 aliphatic carbocycles. The van der Waals surface area contributed by atoms with Crippen molar-refractivity contribution in [3.05, 3.63) is 40.3 Å². The predicted octanol–water partition coefficient (Wildman–Crippen LogP) is 2.23. The molecule has 0 fully saturated rings. The van der Waals surface area contributed by atoms with E-state index in [0.717, 1.165) is 11.1 Å². The van der Waals surface area contributed by atoms with Crippen molar-refractivity contribution >= 4 is 33.5 Å². The minimum atomic E-state index is -0.439. The van der Waals surface area contributed by atoms with E-state index in [1.165, 1.54) is 6.20 Å². The highest BCUT2D eigenvalue weighted by molar-refractivity contribution is 6.15. The minimum absolute atomic E-state index is 0.259. The summed E-state index contributed by atoms with van der Waals surface area (Å²) in [6, 6.07) is 5.56. The summed E-state index contributed by atoms with van der Waals surface area (Å²) in [5.41, 5.74) is 2.06. The number of hydrogen-bond donors (Lipinski definition) is 3. The van der Waals surface area contributed by atoms with Crippen molar-refractivity contribution in [3.63, 3.8) is 0 Å². The minimum Gasteiger partial charge on any atom is -0.462 e. The van der Waals surface area contributed by atoms with Gasteiger partial charge in [-0.05, 0) is 25.1 Å². The molecule has 0 bridgehead atoms. The fourth-order valence-corrected chi connectivity index (χ4v) is 2.45. The number of benzene rings is 1. The van der Waals surface area contributed by atoms with Gasteiger partial charge in [0.2, 0.25) is 0 Å². The molecule has 3 rings (SSSR count). The third-order valence-electron chi connectivity index (χ3n) is 3.43. The van der Waals surface area contributed by atoms with Crippen molar-refractivity contribution < 1.29 is 9.53 Å². The second-order valence-electron chi connectivity index (χ2n) is 4.64. The molecule has 0 amide bonds. The maximum Gasteiger partial charge on any atom is 0.340 e. The van der Waals surface area contributed by atoms with E-state index < -0.39 is 5.97 Å². The summed E-state index contributed by atoms with van der Waals surface area (Å²) < 4.78 is 5.05. The van der Waals surface area contributed by atoms with Gasteiger partial charge < -0.3 is 20.0 Å². The molecule has 0 radical (unpaired) electrons. The Morgan fingerprint density at radius 1 is 1.38 bits per heavy atom. The molecule has 0 aliphatic heterocycles. The summed E-state index contributed by atoms with van der Waals surface area (Å²) in [5, 5.41) is 4.43. The van der Waals surface area contributed by atoms with E-state index in [2.05, 4.69) is 15.3 Å². The number of pyridine rings is 1. The number of nitrogens with one attached hydrogen (secondary N) is 3. The number of fused-ring (bicyclic) bond motifs is 3. The van der Waals surface area contributed by atoms with Crippen molar-refractivity contribution in [3.8, 4) is 0 Å². The molecule has 3 aromatic rings. The van der Waals surface area contributed by atoms with Crippen LogP contribution in [0.2, 0.25) is 0 Å². The summed E-state index contributed by atoms with van der Waals surface area (Å²) in [5.74, 6) is -0.439. The van der Waals surface area contributed by atoms with Crippen molar-refractivity contribution in [1.82, 2.24) is 9.97 Å². The second-order valence-corrected chi connectivity index (χ2v) is 4.64. The zero-order valence-electron chi connectivity index (χ0n) is 11.7. The van der Waals surface area contributed by atoms with Crippen LogP contribution in [0.25, 0.3) is 21.8 Å². The van der Waals surface area contributed by atoms with Crippen LogP contribution in [0.4, 0.5) is 5.69 Å². The van der Waals surface area contributed by atoms with Crippen LogP contribution in [0.5, 0.6) is 0 Å². The average molecular weight is 285 g/mol. The summed E-state index contributed by atoms with van der Waals surface area (Å²) in [6.45, 7) is 2.03. The highest BCUT2D eigenvalue weighted by atomic mass is 16.5. The van der Waals surface area contributed by atoms with Gasteiger partial charge in [0.25, 0.3) is 5.56 Å². The highest BCUT2D eigenvalue weighted by Crippen LogP contribution is 2.27. The summed E-state index contributed by atoms with van der Waals surface area (Å²) in [7, 11) is 1.81. The number of carbonyl (C=O) groups excluding carboxylic acids is 1. The normalized spacial score (nSPS) is 11.0. The second kappa shape index (κ2) is 4.97. The molecule has 3 N–H and O–H groups in total. The number of H-pyrrole nitrogens is 2. The summed E-state index contributed by atoms with van der Waals surface area (Å²) in [4.78, 5) is 29.8. The van der Waals surface area contributed by atoms with Crippen molar-refractivity contribution in [1.29, 1.82) is 0 Å². The SMILES string of the molecule is CCOC(=O)c1c[nH]c2c(=O)[nH]c3ccc(NC)cc3c12. The molecule has 6 nitrogen and oxygen atoms in total. The van der Waals surface area contributed by atoms with Crippen molar-refractivity contribution in [2.45, 2.75) is 6.92 Å². The molecular weight excluding hydrogens is 270 g/mol. The van der Waals surface area contributed by atoms with E-state index >= 15 is 0 Å². The zero-order valence-corrected chi connectivity index (χ0v) is 11.7. The van der Waals surface area contributed by atoms with Crippen LogP contribution >= 0.6 is 0 Å². The first-order valence-electron chi connectivity index (χ1n) is 6.67. The lowest BCUT2D eigenvalue weighted by molar-refractivity contribution is 0.0529. The fraction of sp³-hybridized carbons (Fsp3) is 0.200. The van der Waals surface area contributed by atoms with Crippen molar-refractivity contribution in [2.75, 3.05) is 19.0 Å². The zero-order chi connectivity index (χ0) is 15.0. The first-order chi connectivity index (χ1) is 10.2. The Kier molecular flexibility index (Phi) is 3.13. The van der Waals surface area contributed by atoms with Crippen LogP contribution in [0.3, 0.4) is 0 Å². The molecule has 0 spiro atoms. The number of anilines is 1. The standard InChI is InChI=1S/C15H15N3O3/c1-3-21-15(20)10-7-17-13-12(10)9-6-8(16-2)4-5-11(9)18-14(13)19/h4-7,16-17H,3H2,1-2H3,(H,18,19). The van der Waals surface area contributed by atoms with Crippen molar-refractivity contribution in [2.24, 2.45) is 0 Å². The van der Waals surface area contributed by atoms with E-state index in [4.69, 9.17) is 4.74 Å². The number of carbonyl (C=O) groups is 1. The molecule has 2 heterocycles. The van der Waals surface area contributed by atoms with Gasteiger partial charge in [0.15, 0.2) is 0 Å². The van der Waals surface area contributed by atoms with E-state index in [-0.39, 0.29) is 12.2 Å². The molecular formula is C15H15N3O3. The van der Waals surface area contributed by atoms with Gasteiger partial charge in [-0.15, -0.1) is 0 Å². The Labute approximate surface area is 120 Å². The smallest absolute Gasteiger partial charge is 0.340 e. The number of hydrogen-bond acceptors (Lipinski definition) is 4. The quantitative estimate of drug-likeness (QED) is 0.644. The Hall–Kier alpha value is -2.76.